The van der Waals surface area contributed by atoms with Gasteiger partial charge < -0.3 is 10.4 Å². The van der Waals surface area contributed by atoms with E-state index in [4.69, 9.17) is 5.11 Å². The maximum absolute atomic E-state index is 11.1. The van der Waals surface area contributed by atoms with Crippen LogP contribution in [0.5, 0.6) is 0 Å². The first-order chi connectivity index (χ1) is 11.2. The first-order valence-electron chi connectivity index (χ1n) is 8.98. The summed E-state index contributed by atoms with van der Waals surface area (Å²) in [5, 5.41) is 12.9. The number of hydrogen-bond donors (Lipinski definition) is 2. The fraction of sp³-hybridized carbons (Fsp3) is 0.632. The van der Waals surface area contributed by atoms with E-state index in [9.17, 15) is 4.79 Å². The second-order valence-electron chi connectivity index (χ2n) is 7.55. The molecular weight excluding hydrogens is 288 g/mol. The molecule has 2 fully saturated rings. The quantitative estimate of drug-likeness (QED) is 0.812. The Hall–Kier alpha value is -1.39. The van der Waals surface area contributed by atoms with Gasteiger partial charge in [-0.15, -0.1) is 0 Å². The molecule has 0 radical (unpaired) electrons. The number of benzene rings is 1. The molecule has 124 valence electrons. The lowest BCUT2D eigenvalue weighted by Gasteiger charge is -2.44. The van der Waals surface area contributed by atoms with Gasteiger partial charge >= 0.3 is 5.97 Å². The van der Waals surface area contributed by atoms with Gasteiger partial charge in [0.05, 0.1) is 6.54 Å². The monoisotopic (exact) mass is 314 g/mol. The SMILES string of the molecule is O=C(O)CN(CC1CC1)C1CC(NC2CCc3ccccc32)C1. The molecule has 0 aliphatic heterocycles. The van der Waals surface area contributed by atoms with E-state index in [-0.39, 0.29) is 6.54 Å². The fourth-order valence-corrected chi connectivity index (χ4v) is 4.19. The molecule has 0 saturated heterocycles. The third-order valence-electron chi connectivity index (χ3n) is 5.73. The van der Waals surface area contributed by atoms with Crippen molar-refractivity contribution in [2.45, 2.75) is 56.7 Å². The smallest absolute Gasteiger partial charge is 0.317 e. The van der Waals surface area contributed by atoms with E-state index in [2.05, 4.69) is 34.5 Å². The number of carboxylic acids is 1. The van der Waals surface area contributed by atoms with E-state index in [0.29, 0.717) is 18.1 Å². The van der Waals surface area contributed by atoms with Crippen molar-refractivity contribution in [1.82, 2.24) is 10.2 Å². The molecule has 4 rings (SSSR count). The molecule has 4 nitrogen and oxygen atoms in total. The van der Waals surface area contributed by atoms with Gasteiger partial charge in [-0.25, -0.2) is 0 Å². The zero-order chi connectivity index (χ0) is 15.8. The molecule has 1 unspecified atom stereocenters. The van der Waals surface area contributed by atoms with Crippen LogP contribution in [0.2, 0.25) is 0 Å². The van der Waals surface area contributed by atoms with E-state index >= 15 is 0 Å². The minimum Gasteiger partial charge on any atom is -0.480 e. The van der Waals surface area contributed by atoms with Crippen molar-refractivity contribution in [3.8, 4) is 0 Å². The van der Waals surface area contributed by atoms with Crippen molar-refractivity contribution in [2.75, 3.05) is 13.1 Å². The molecule has 4 heteroatoms. The second-order valence-corrected chi connectivity index (χ2v) is 7.55. The Kier molecular flexibility index (Phi) is 4.12. The van der Waals surface area contributed by atoms with Crippen LogP contribution in [0.1, 0.15) is 49.3 Å². The average Bonchev–Trinajstić information content (AvgIpc) is 3.20. The molecule has 0 heterocycles. The maximum atomic E-state index is 11.1. The Morgan fingerprint density at radius 1 is 1.22 bits per heavy atom. The van der Waals surface area contributed by atoms with Gasteiger partial charge in [-0.05, 0) is 55.6 Å². The summed E-state index contributed by atoms with van der Waals surface area (Å²) >= 11 is 0. The van der Waals surface area contributed by atoms with Gasteiger partial charge in [0.2, 0.25) is 0 Å². The first kappa shape index (κ1) is 15.2. The molecule has 3 aliphatic carbocycles. The molecule has 0 amide bonds. The van der Waals surface area contributed by atoms with Crippen molar-refractivity contribution in [3.05, 3.63) is 35.4 Å². The summed E-state index contributed by atoms with van der Waals surface area (Å²) in [5.41, 5.74) is 2.96. The normalized spacial score (nSPS) is 29.3. The Morgan fingerprint density at radius 3 is 2.74 bits per heavy atom. The van der Waals surface area contributed by atoms with E-state index in [1.165, 1.54) is 36.8 Å². The van der Waals surface area contributed by atoms with Crippen LogP contribution >= 0.6 is 0 Å². The number of carboxylic acid groups (broad SMARTS) is 1. The Morgan fingerprint density at radius 2 is 2.00 bits per heavy atom. The van der Waals surface area contributed by atoms with Crippen LogP contribution in [0.25, 0.3) is 0 Å². The molecule has 3 aliphatic rings. The zero-order valence-electron chi connectivity index (χ0n) is 13.6. The number of hydrogen-bond acceptors (Lipinski definition) is 3. The highest BCUT2D eigenvalue weighted by atomic mass is 16.4. The average molecular weight is 314 g/mol. The topological polar surface area (TPSA) is 52.6 Å². The van der Waals surface area contributed by atoms with E-state index in [1.807, 2.05) is 0 Å². The van der Waals surface area contributed by atoms with Crippen LogP contribution in [0.4, 0.5) is 0 Å². The van der Waals surface area contributed by atoms with Crippen LogP contribution in [0, 0.1) is 5.92 Å². The molecule has 2 saturated carbocycles. The molecule has 1 aromatic carbocycles. The van der Waals surface area contributed by atoms with E-state index in [0.717, 1.165) is 25.3 Å². The van der Waals surface area contributed by atoms with Crippen molar-refractivity contribution >= 4 is 5.97 Å². The fourth-order valence-electron chi connectivity index (χ4n) is 4.19. The number of carbonyl (C=O) groups is 1. The van der Waals surface area contributed by atoms with E-state index in [1.54, 1.807) is 0 Å². The molecule has 2 N–H and O–H groups in total. The predicted molar refractivity (Wildman–Crippen MR) is 89.4 cm³/mol. The number of fused-ring (bicyclic) bond motifs is 1. The predicted octanol–water partition coefficient (Wildman–Crippen LogP) is 2.59. The standard InChI is InChI=1S/C19H26N2O2/c22-19(23)12-21(11-13-5-6-13)16-9-15(10-16)20-18-8-7-14-3-1-2-4-17(14)18/h1-4,13,15-16,18,20H,5-12H2,(H,22,23). The van der Waals surface area contributed by atoms with Gasteiger partial charge in [-0.3, -0.25) is 9.69 Å². The van der Waals surface area contributed by atoms with E-state index < -0.39 is 5.97 Å². The highest BCUT2D eigenvalue weighted by molar-refractivity contribution is 5.69. The minimum atomic E-state index is -0.688. The Labute approximate surface area is 137 Å². The molecule has 1 atom stereocenters. The summed E-state index contributed by atoms with van der Waals surface area (Å²) in [6, 6.07) is 10.3. The molecule has 0 spiro atoms. The van der Waals surface area contributed by atoms with Gasteiger partial charge in [0.15, 0.2) is 0 Å². The van der Waals surface area contributed by atoms with Crippen molar-refractivity contribution in [2.24, 2.45) is 5.92 Å². The van der Waals surface area contributed by atoms with Gasteiger partial charge in [-0.1, -0.05) is 24.3 Å². The molecule has 0 aromatic heterocycles. The van der Waals surface area contributed by atoms with Gasteiger partial charge in [-0.2, -0.15) is 0 Å². The summed E-state index contributed by atoms with van der Waals surface area (Å²) in [6.45, 7) is 1.19. The third-order valence-corrected chi connectivity index (χ3v) is 5.73. The van der Waals surface area contributed by atoms with Crippen LogP contribution in [-0.2, 0) is 11.2 Å². The molecular formula is C19H26N2O2. The highest BCUT2D eigenvalue weighted by Gasteiger charge is 2.38. The Balaban J connectivity index is 1.30. The molecule has 23 heavy (non-hydrogen) atoms. The number of nitrogens with one attached hydrogen (secondary N) is 1. The summed E-state index contributed by atoms with van der Waals surface area (Å²) in [4.78, 5) is 13.3. The number of nitrogens with zero attached hydrogens (tertiary/aromatic N) is 1. The maximum Gasteiger partial charge on any atom is 0.317 e. The van der Waals surface area contributed by atoms with Crippen LogP contribution in [0.15, 0.2) is 24.3 Å². The van der Waals surface area contributed by atoms with Crippen LogP contribution in [-0.4, -0.2) is 41.1 Å². The van der Waals surface area contributed by atoms with Crippen molar-refractivity contribution in [1.29, 1.82) is 0 Å². The minimum absolute atomic E-state index is 0.208. The third kappa shape index (κ3) is 3.43. The van der Waals surface area contributed by atoms with Crippen LogP contribution < -0.4 is 5.32 Å². The van der Waals surface area contributed by atoms with Crippen molar-refractivity contribution in [3.63, 3.8) is 0 Å². The van der Waals surface area contributed by atoms with Crippen molar-refractivity contribution < 1.29 is 9.90 Å². The lowest BCUT2D eigenvalue weighted by atomic mass is 9.84. The number of aryl methyl sites for hydroxylation is 1. The number of rotatable bonds is 7. The van der Waals surface area contributed by atoms with Gasteiger partial charge in [0.1, 0.15) is 0 Å². The second kappa shape index (κ2) is 6.25. The Bertz CT molecular complexity index is 578. The summed E-state index contributed by atoms with van der Waals surface area (Å²) in [5.74, 6) is 0.0647. The first-order valence-corrected chi connectivity index (χ1v) is 8.98. The highest BCUT2D eigenvalue weighted by Crippen LogP contribution is 2.36. The lowest BCUT2D eigenvalue weighted by molar-refractivity contribution is -0.139. The largest absolute Gasteiger partial charge is 0.480 e. The lowest BCUT2D eigenvalue weighted by Crippen LogP contribution is -2.54. The molecule has 1 aromatic rings. The van der Waals surface area contributed by atoms with Crippen LogP contribution in [0.3, 0.4) is 0 Å². The zero-order valence-corrected chi connectivity index (χ0v) is 13.6. The summed E-state index contributed by atoms with van der Waals surface area (Å²) < 4.78 is 0. The van der Waals surface area contributed by atoms with Gasteiger partial charge in [0, 0.05) is 24.7 Å². The summed E-state index contributed by atoms with van der Waals surface area (Å²) in [7, 11) is 0. The molecule has 0 bridgehead atoms. The van der Waals surface area contributed by atoms with Gasteiger partial charge in [0.25, 0.3) is 0 Å². The number of aliphatic carboxylic acids is 1. The summed E-state index contributed by atoms with van der Waals surface area (Å²) in [6.07, 6.45) is 7.13.